The highest BCUT2D eigenvalue weighted by Gasteiger charge is 2.25. The molecule has 0 aromatic heterocycles. The molecule has 0 aliphatic carbocycles. The van der Waals surface area contributed by atoms with Crippen LogP contribution in [0.4, 0.5) is 0 Å². The first kappa shape index (κ1) is 13.4. The molecule has 1 aliphatic rings. The first-order valence-corrected chi connectivity index (χ1v) is 7.42. The van der Waals surface area contributed by atoms with Crippen LogP contribution in [0.3, 0.4) is 0 Å². The van der Waals surface area contributed by atoms with Gasteiger partial charge in [-0.3, -0.25) is 4.79 Å². The van der Waals surface area contributed by atoms with E-state index >= 15 is 0 Å². The van der Waals surface area contributed by atoms with Crippen molar-refractivity contribution in [3.05, 3.63) is 0 Å². The standard InChI is InChI=1S/C10H20N2O3S/c1-8(7-11-2)10(13)12-9-3-5-16(14,15)6-4-9/h8-9,11H,3-7H2,1-2H3,(H,12,13). The van der Waals surface area contributed by atoms with Gasteiger partial charge in [-0.25, -0.2) is 8.42 Å². The average molecular weight is 248 g/mol. The molecule has 16 heavy (non-hydrogen) atoms. The monoisotopic (exact) mass is 248 g/mol. The zero-order valence-corrected chi connectivity index (χ0v) is 10.6. The van der Waals surface area contributed by atoms with Crippen LogP contribution >= 0.6 is 0 Å². The lowest BCUT2D eigenvalue weighted by Crippen LogP contribution is -2.44. The normalized spacial score (nSPS) is 22.6. The molecule has 1 heterocycles. The molecule has 94 valence electrons. The number of hydrogen-bond acceptors (Lipinski definition) is 4. The molecule has 1 atom stereocenters. The van der Waals surface area contributed by atoms with Crippen molar-refractivity contribution >= 4 is 15.7 Å². The zero-order valence-electron chi connectivity index (χ0n) is 9.82. The van der Waals surface area contributed by atoms with E-state index in [0.29, 0.717) is 19.4 Å². The Hall–Kier alpha value is -0.620. The van der Waals surface area contributed by atoms with Gasteiger partial charge in [-0.1, -0.05) is 6.92 Å². The number of nitrogens with one attached hydrogen (secondary N) is 2. The third-order valence-corrected chi connectivity index (χ3v) is 4.57. The number of amides is 1. The van der Waals surface area contributed by atoms with Crippen molar-refractivity contribution < 1.29 is 13.2 Å². The van der Waals surface area contributed by atoms with E-state index in [4.69, 9.17) is 0 Å². The molecule has 0 saturated carbocycles. The molecule has 1 saturated heterocycles. The second kappa shape index (κ2) is 5.63. The minimum atomic E-state index is -2.85. The van der Waals surface area contributed by atoms with Crippen molar-refractivity contribution in [1.29, 1.82) is 0 Å². The lowest BCUT2D eigenvalue weighted by Gasteiger charge is -2.24. The van der Waals surface area contributed by atoms with Gasteiger partial charge < -0.3 is 10.6 Å². The SMILES string of the molecule is CNCC(C)C(=O)NC1CCS(=O)(=O)CC1. The molecule has 0 aromatic rings. The van der Waals surface area contributed by atoms with Gasteiger partial charge in [0.1, 0.15) is 9.84 Å². The second-order valence-electron chi connectivity index (χ2n) is 4.39. The summed E-state index contributed by atoms with van der Waals surface area (Å²) >= 11 is 0. The molecule has 1 rings (SSSR count). The van der Waals surface area contributed by atoms with E-state index in [0.717, 1.165) is 0 Å². The molecular weight excluding hydrogens is 228 g/mol. The van der Waals surface area contributed by atoms with Crippen LogP contribution in [0.2, 0.25) is 0 Å². The van der Waals surface area contributed by atoms with Gasteiger partial charge in [0, 0.05) is 18.5 Å². The number of carbonyl (C=O) groups excluding carboxylic acids is 1. The van der Waals surface area contributed by atoms with Gasteiger partial charge in [0.15, 0.2) is 0 Å². The van der Waals surface area contributed by atoms with Crippen molar-refractivity contribution in [2.24, 2.45) is 5.92 Å². The number of sulfone groups is 1. The van der Waals surface area contributed by atoms with Crippen molar-refractivity contribution in [2.75, 3.05) is 25.1 Å². The maximum absolute atomic E-state index is 11.7. The second-order valence-corrected chi connectivity index (χ2v) is 6.70. The van der Waals surface area contributed by atoms with Crippen molar-refractivity contribution in [3.63, 3.8) is 0 Å². The van der Waals surface area contributed by atoms with Gasteiger partial charge in [-0.05, 0) is 19.9 Å². The molecule has 1 amide bonds. The third kappa shape index (κ3) is 4.09. The lowest BCUT2D eigenvalue weighted by molar-refractivity contribution is -0.125. The van der Waals surface area contributed by atoms with Crippen LogP contribution in [-0.4, -0.2) is 45.5 Å². The van der Waals surface area contributed by atoms with E-state index in [1.165, 1.54) is 0 Å². The largest absolute Gasteiger partial charge is 0.353 e. The summed E-state index contributed by atoms with van der Waals surface area (Å²) in [6.07, 6.45) is 1.08. The fourth-order valence-corrected chi connectivity index (χ4v) is 3.27. The van der Waals surface area contributed by atoms with E-state index in [1.807, 2.05) is 6.92 Å². The first-order valence-electron chi connectivity index (χ1n) is 5.60. The summed E-state index contributed by atoms with van der Waals surface area (Å²) in [6, 6.07) is 0.0235. The van der Waals surface area contributed by atoms with Gasteiger partial charge in [-0.2, -0.15) is 0 Å². The highest BCUT2D eigenvalue weighted by Crippen LogP contribution is 2.12. The summed E-state index contributed by atoms with van der Waals surface area (Å²) in [7, 11) is -1.04. The molecule has 6 heteroatoms. The van der Waals surface area contributed by atoms with E-state index in [1.54, 1.807) is 7.05 Å². The topological polar surface area (TPSA) is 75.3 Å². The van der Waals surface area contributed by atoms with Crippen molar-refractivity contribution in [3.8, 4) is 0 Å². The van der Waals surface area contributed by atoms with E-state index in [-0.39, 0.29) is 29.4 Å². The summed E-state index contributed by atoms with van der Waals surface area (Å²) < 4.78 is 22.4. The molecule has 1 aliphatic heterocycles. The van der Waals surface area contributed by atoms with Gasteiger partial charge >= 0.3 is 0 Å². The Morgan fingerprint density at radius 1 is 1.38 bits per heavy atom. The Bertz CT molecular complexity index is 326. The summed E-state index contributed by atoms with van der Waals surface area (Å²) in [4.78, 5) is 11.7. The quantitative estimate of drug-likeness (QED) is 0.705. The fraction of sp³-hybridized carbons (Fsp3) is 0.900. The number of hydrogen-bond donors (Lipinski definition) is 2. The fourth-order valence-electron chi connectivity index (χ4n) is 1.78. The molecule has 0 bridgehead atoms. The van der Waals surface area contributed by atoms with Crippen LogP contribution in [0.5, 0.6) is 0 Å². The summed E-state index contributed by atoms with van der Waals surface area (Å²) in [5.41, 5.74) is 0. The molecule has 1 unspecified atom stereocenters. The molecular formula is C10H20N2O3S. The Kier molecular flexibility index (Phi) is 4.73. The van der Waals surface area contributed by atoms with Crippen LogP contribution in [-0.2, 0) is 14.6 Å². The van der Waals surface area contributed by atoms with Gasteiger partial charge in [-0.15, -0.1) is 0 Å². The maximum atomic E-state index is 11.7. The van der Waals surface area contributed by atoms with Crippen LogP contribution in [0.1, 0.15) is 19.8 Å². The van der Waals surface area contributed by atoms with E-state index in [9.17, 15) is 13.2 Å². The van der Waals surface area contributed by atoms with Crippen LogP contribution in [0.15, 0.2) is 0 Å². The Balaban J connectivity index is 2.36. The molecule has 0 spiro atoms. The number of carbonyl (C=O) groups is 1. The summed E-state index contributed by atoms with van der Waals surface area (Å²) in [6.45, 7) is 2.49. The minimum Gasteiger partial charge on any atom is -0.353 e. The van der Waals surface area contributed by atoms with Crippen LogP contribution < -0.4 is 10.6 Å². The van der Waals surface area contributed by atoms with Crippen molar-refractivity contribution in [2.45, 2.75) is 25.8 Å². The summed E-state index contributed by atoms with van der Waals surface area (Å²) in [5, 5.41) is 5.84. The smallest absolute Gasteiger partial charge is 0.224 e. The first-order chi connectivity index (χ1) is 7.44. The Labute approximate surface area is 96.9 Å². The number of rotatable bonds is 4. The van der Waals surface area contributed by atoms with Crippen LogP contribution in [0, 0.1) is 5.92 Å². The highest BCUT2D eigenvalue weighted by atomic mass is 32.2. The van der Waals surface area contributed by atoms with E-state index < -0.39 is 9.84 Å². The third-order valence-electron chi connectivity index (χ3n) is 2.86. The molecule has 1 fully saturated rings. The van der Waals surface area contributed by atoms with Crippen LogP contribution in [0.25, 0.3) is 0 Å². The van der Waals surface area contributed by atoms with Gasteiger partial charge in [0.2, 0.25) is 5.91 Å². The highest BCUT2D eigenvalue weighted by molar-refractivity contribution is 7.91. The van der Waals surface area contributed by atoms with E-state index in [2.05, 4.69) is 10.6 Å². The molecule has 5 nitrogen and oxygen atoms in total. The lowest BCUT2D eigenvalue weighted by atomic mass is 10.1. The minimum absolute atomic E-state index is 0.00125. The molecule has 0 aromatic carbocycles. The summed E-state index contributed by atoms with van der Waals surface area (Å²) in [5.74, 6) is 0.304. The maximum Gasteiger partial charge on any atom is 0.224 e. The van der Waals surface area contributed by atoms with Crippen molar-refractivity contribution in [1.82, 2.24) is 10.6 Å². The average Bonchev–Trinajstić information content (AvgIpc) is 2.21. The Morgan fingerprint density at radius 3 is 2.44 bits per heavy atom. The molecule has 2 N–H and O–H groups in total. The Morgan fingerprint density at radius 2 is 1.94 bits per heavy atom. The zero-order chi connectivity index (χ0) is 12.2. The molecule has 0 radical (unpaired) electrons. The predicted molar refractivity (Wildman–Crippen MR) is 62.9 cm³/mol. The predicted octanol–water partition coefficient (Wildman–Crippen LogP) is -0.465. The van der Waals surface area contributed by atoms with Gasteiger partial charge in [0.25, 0.3) is 0 Å². The van der Waals surface area contributed by atoms with Gasteiger partial charge in [0.05, 0.1) is 11.5 Å².